The highest BCUT2D eigenvalue weighted by Crippen LogP contribution is 2.16. The van der Waals surface area contributed by atoms with Crippen LogP contribution >= 0.6 is 34.2 Å². The maximum absolute atomic E-state index is 5.88. The van der Waals surface area contributed by atoms with Crippen LogP contribution in [0, 0.1) is 3.57 Å². The third-order valence-corrected chi connectivity index (χ3v) is 3.87. The summed E-state index contributed by atoms with van der Waals surface area (Å²) >= 11 is 8.20. The van der Waals surface area contributed by atoms with Crippen LogP contribution < -0.4 is 5.32 Å². The summed E-state index contributed by atoms with van der Waals surface area (Å²) in [5, 5.41) is 4.29. The predicted molar refractivity (Wildman–Crippen MR) is 85.9 cm³/mol. The first-order valence-corrected chi connectivity index (χ1v) is 7.34. The van der Waals surface area contributed by atoms with Crippen LogP contribution in [0.25, 0.3) is 0 Å². The summed E-state index contributed by atoms with van der Waals surface area (Å²) in [6.07, 6.45) is 0. The minimum Gasteiger partial charge on any atom is -0.306 e. The molecule has 2 aromatic carbocycles. The van der Waals surface area contributed by atoms with Crippen LogP contribution in [0.1, 0.15) is 24.1 Å². The molecule has 0 aliphatic heterocycles. The van der Waals surface area contributed by atoms with Crippen molar-refractivity contribution in [1.82, 2.24) is 5.32 Å². The fourth-order valence-corrected chi connectivity index (χ4v) is 2.23. The molecule has 1 N–H and O–H groups in total. The van der Waals surface area contributed by atoms with Crippen molar-refractivity contribution in [3.8, 4) is 0 Å². The molecule has 0 heterocycles. The zero-order valence-corrected chi connectivity index (χ0v) is 13.1. The molecule has 18 heavy (non-hydrogen) atoms. The van der Waals surface area contributed by atoms with Crippen LogP contribution in [0.4, 0.5) is 0 Å². The maximum Gasteiger partial charge on any atom is 0.0406 e. The molecular weight excluding hydrogens is 357 g/mol. The van der Waals surface area contributed by atoms with Gasteiger partial charge in [0, 0.05) is 21.2 Å². The third kappa shape index (κ3) is 3.97. The molecule has 1 atom stereocenters. The number of hydrogen-bond acceptors (Lipinski definition) is 1. The van der Waals surface area contributed by atoms with Gasteiger partial charge < -0.3 is 5.32 Å². The van der Waals surface area contributed by atoms with E-state index < -0.39 is 0 Å². The van der Waals surface area contributed by atoms with Crippen molar-refractivity contribution in [3.05, 3.63) is 68.3 Å². The molecule has 0 bridgehead atoms. The van der Waals surface area contributed by atoms with E-state index in [9.17, 15) is 0 Å². The number of rotatable bonds is 4. The summed E-state index contributed by atoms with van der Waals surface area (Å²) < 4.78 is 1.27. The van der Waals surface area contributed by atoms with Gasteiger partial charge in [0.25, 0.3) is 0 Å². The van der Waals surface area contributed by atoms with Crippen LogP contribution in [-0.2, 0) is 6.54 Å². The second-order valence-electron chi connectivity index (χ2n) is 4.28. The Bertz CT molecular complexity index is 493. The zero-order chi connectivity index (χ0) is 13.0. The topological polar surface area (TPSA) is 12.0 Å². The monoisotopic (exact) mass is 371 g/mol. The Morgan fingerprint density at radius 3 is 2.28 bits per heavy atom. The summed E-state index contributed by atoms with van der Waals surface area (Å²) in [5.74, 6) is 0. The second-order valence-corrected chi connectivity index (χ2v) is 5.96. The molecule has 94 valence electrons. The van der Waals surface area contributed by atoms with E-state index in [1.807, 2.05) is 12.1 Å². The molecule has 0 aliphatic carbocycles. The molecule has 3 heteroatoms. The van der Waals surface area contributed by atoms with Crippen molar-refractivity contribution >= 4 is 34.2 Å². The van der Waals surface area contributed by atoms with Gasteiger partial charge in [0.15, 0.2) is 0 Å². The summed E-state index contributed by atoms with van der Waals surface area (Å²) in [6.45, 7) is 3.04. The predicted octanol–water partition coefficient (Wildman–Crippen LogP) is 4.80. The lowest BCUT2D eigenvalue weighted by atomic mass is 10.1. The fraction of sp³-hybridized carbons (Fsp3) is 0.200. The molecule has 0 saturated carbocycles. The van der Waals surface area contributed by atoms with E-state index >= 15 is 0 Å². The van der Waals surface area contributed by atoms with E-state index in [2.05, 4.69) is 71.2 Å². The van der Waals surface area contributed by atoms with Gasteiger partial charge in [-0.15, -0.1) is 0 Å². The number of nitrogens with one attached hydrogen (secondary N) is 1. The van der Waals surface area contributed by atoms with E-state index in [0.29, 0.717) is 6.04 Å². The molecule has 0 aliphatic rings. The Morgan fingerprint density at radius 2 is 1.67 bits per heavy atom. The Balaban J connectivity index is 1.93. The van der Waals surface area contributed by atoms with Gasteiger partial charge in [0.05, 0.1) is 0 Å². The van der Waals surface area contributed by atoms with Gasteiger partial charge in [-0.1, -0.05) is 35.9 Å². The largest absolute Gasteiger partial charge is 0.306 e. The molecule has 0 amide bonds. The fourth-order valence-electron chi connectivity index (χ4n) is 1.74. The lowest BCUT2D eigenvalue weighted by molar-refractivity contribution is 0.575. The van der Waals surface area contributed by atoms with Crippen LogP contribution in [-0.4, -0.2) is 0 Å². The van der Waals surface area contributed by atoms with Crippen molar-refractivity contribution in [3.63, 3.8) is 0 Å². The van der Waals surface area contributed by atoms with Crippen LogP contribution in [0.2, 0.25) is 5.02 Å². The summed E-state index contributed by atoms with van der Waals surface area (Å²) in [5.41, 5.74) is 2.56. The van der Waals surface area contributed by atoms with Gasteiger partial charge in [0.2, 0.25) is 0 Å². The molecule has 0 saturated heterocycles. The first-order chi connectivity index (χ1) is 8.65. The minimum absolute atomic E-state index is 0.321. The molecule has 0 aromatic heterocycles. The second kappa shape index (κ2) is 6.55. The molecule has 1 unspecified atom stereocenters. The van der Waals surface area contributed by atoms with E-state index in [4.69, 9.17) is 11.6 Å². The lowest BCUT2D eigenvalue weighted by Crippen LogP contribution is -2.17. The highest BCUT2D eigenvalue weighted by Gasteiger charge is 2.04. The first kappa shape index (κ1) is 13.8. The van der Waals surface area contributed by atoms with Gasteiger partial charge in [-0.05, 0) is 64.9 Å². The summed E-state index contributed by atoms with van der Waals surface area (Å²) in [7, 11) is 0. The highest BCUT2D eigenvalue weighted by molar-refractivity contribution is 14.1. The highest BCUT2D eigenvalue weighted by atomic mass is 127. The normalized spacial score (nSPS) is 12.4. The standard InChI is InChI=1S/C15H15ClIN/c1-11(13-4-6-14(16)7-5-13)18-10-12-2-8-15(17)9-3-12/h2-9,11,18H,10H2,1H3. The molecule has 0 radical (unpaired) electrons. The van der Waals surface area contributed by atoms with Crippen molar-refractivity contribution in [2.24, 2.45) is 0 Å². The Morgan fingerprint density at radius 1 is 1.06 bits per heavy atom. The Hall–Kier alpha value is -0.580. The van der Waals surface area contributed by atoms with Gasteiger partial charge in [-0.2, -0.15) is 0 Å². The van der Waals surface area contributed by atoms with Crippen molar-refractivity contribution in [1.29, 1.82) is 0 Å². The average Bonchev–Trinajstić information content (AvgIpc) is 2.38. The summed E-state index contributed by atoms with van der Waals surface area (Å²) in [6, 6.07) is 16.9. The lowest BCUT2D eigenvalue weighted by Gasteiger charge is -2.14. The molecular formula is C15H15ClIN. The van der Waals surface area contributed by atoms with Gasteiger partial charge in [-0.25, -0.2) is 0 Å². The van der Waals surface area contributed by atoms with Crippen molar-refractivity contribution in [2.75, 3.05) is 0 Å². The Labute approximate surface area is 127 Å². The molecule has 1 nitrogen and oxygen atoms in total. The molecule has 2 rings (SSSR count). The maximum atomic E-state index is 5.88. The zero-order valence-electron chi connectivity index (χ0n) is 10.2. The average molecular weight is 372 g/mol. The summed E-state index contributed by atoms with van der Waals surface area (Å²) in [4.78, 5) is 0. The number of halogens is 2. The number of hydrogen-bond donors (Lipinski definition) is 1. The smallest absolute Gasteiger partial charge is 0.0406 e. The third-order valence-electron chi connectivity index (χ3n) is 2.90. The van der Waals surface area contributed by atoms with E-state index in [-0.39, 0.29) is 0 Å². The van der Waals surface area contributed by atoms with Gasteiger partial charge in [-0.3, -0.25) is 0 Å². The van der Waals surface area contributed by atoms with Crippen LogP contribution in [0.3, 0.4) is 0 Å². The van der Waals surface area contributed by atoms with Gasteiger partial charge >= 0.3 is 0 Å². The van der Waals surface area contributed by atoms with Crippen LogP contribution in [0.15, 0.2) is 48.5 Å². The molecule has 2 aromatic rings. The van der Waals surface area contributed by atoms with E-state index in [0.717, 1.165) is 11.6 Å². The van der Waals surface area contributed by atoms with Crippen molar-refractivity contribution < 1.29 is 0 Å². The minimum atomic E-state index is 0.321. The van der Waals surface area contributed by atoms with E-state index in [1.165, 1.54) is 14.7 Å². The first-order valence-electron chi connectivity index (χ1n) is 5.88. The van der Waals surface area contributed by atoms with E-state index in [1.54, 1.807) is 0 Å². The SMILES string of the molecule is CC(NCc1ccc(I)cc1)c1ccc(Cl)cc1. The van der Waals surface area contributed by atoms with Gasteiger partial charge in [0.1, 0.15) is 0 Å². The van der Waals surface area contributed by atoms with Crippen LogP contribution in [0.5, 0.6) is 0 Å². The molecule has 0 fully saturated rings. The van der Waals surface area contributed by atoms with Crippen molar-refractivity contribution in [2.45, 2.75) is 19.5 Å². The Kier molecular flexibility index (Phi) is 5.03. The quantitative estimate of drug-likeness (QED) is 0.762. The number of benzene rings is 2. The molecule has 0 spiro atoms.